The second-order valence-electron chi connectivity index (χ2n) is 4.73. The fourth-order valence-electron chi connectivity index (χ4n) is 1.81. The fraction of sp³-hybridized carbons (Fsp3) is 0.462. The number of benzene rings is 1. The molecule has 0 atom stereocenters. The quantitative estimate of drug-likeness (QED) is 0.817. The summed E-state index contributed by atoms with van der Waals surface area (Å²) in [5, 5.41) is 18.4. The van der Waals surface area contributed by atoms with Crippen LogP contribution in [0.15, 0.2) is 18.2 Å². The Bertz CT molecular complexity index is 421. The van der Waals surface area contributed by atoms with E-state index in [2.05, 4.69) is 0 Å². The molecule has 0 bridgehead atoms. The van der Waals surface area contributed by atoms with Crippen LogP contribution in [0.5, 0.6) is 5.75 Å². The van der Waals surface area contributed by atoms with Crippen LogP contribution in [0.3, 0.4) is 0 Å². The average molecular weight is 255 g/mol. The van der Waals surface area contributed by atoms with Crippen LogP contribution in [-0.4, -0.2) is 34.2 Å². The van der Waals surface area contributed by atoms with Crippen molar-refractivity contribution in [2.45, 2.75) is 20.4 Å². The highest BCUT2D eigenvalue weighted by Crippen LogP contribution is 2.20. The van der Waals surface area contributed by atoms with Gasteiger partial charge in [-0.3, -0.25) is 9.69 Å². The maximum atomic E-state index is 13.1. The zero-order valence-corrected chi connectivity index (χ0v) is 10.6. The SMILES string of the molecule is CC(C)CN(CC(=O)O)Cc1cc(F)ccc1O. The molecule has 0 unspecified atom stereocenters. The van der Waals surface area contributed by atoms with E-state index in [0.717, 1.165) is 0 Å². The lowest BCUT2D eigenvalue weighted by Crippen LogP contribution is -2.32. The van der Waals surface area contributed by atoms with Gasteiger partial charge in [0.1, 0.15) is 11.6 Å². The Balaban J connectivity index is 2.81. The third-order valence-electron chi connectivity index (χ3n) is 2.42. The third kappa shape index (κ3) is 4.71. The number of phenolic OH excluding ortho intramolecular Hbond substituents is 1. The van der Waals surface area contributed by atoms with Gasteiger partial charge in [-0.1, -0.05) is 13.8 Å². The van der Waals surface area contributed by atoms with Gasteiger partial charge in [-0.2, -0.15) is 0 Å². The van der Waals surface area contributed by atoms with Crippen molar-refractivity contribution in [3.05, 3.63) is 29.6 Å². The third-order valence-corrected chi connectivity index (χ3v) is 2.42. The summed E-state index contributed by atoms with van der Waals surface area (Å²) < 4.78 is 13.1. The smallest absolute Gasteiger partial charge is 0.317 e. The summed E-state index contributed by atoms with van der Waals surface area (Å²) in [6.45, 7) is 4.60. The lowest BCUT2D eigenvalue weighted by Gasteiger charge is -2.22. The molecule has 2 N–H and O–H groups in total. The second kappa shape index (κ2) is 6.35. The molecular weight excluding hydrogens is 237 g/mol. The van der Waals surface area contributed by atoms with Gasteiger partial charge < -0.3 is 10.2 Å². The number of carbonyl (C=O) groups is 1. The number of aliphatic carboxylic acids is 1. The van der Waals surface area contributed by atoms with E-state index in [1.54, 1.807) is 4.90 Å². The molecule has 0 aliphatic rings. The number of rotatable bonds is 6. The zero-order valence-electron chi connectivity index (χ0n) is 10.6. The van der Waals surface area contributed by atoms with Gasteiger partial charge in [0.25, 0.3) is 0 Å². The standard InChI is InChI=1S/C13H18FNO3/c1-9(2)6-15(8-13(17)18)7-10-5-11(14)3-4-12(10)16/h3-5,9,16H,6-8H2,1-2H3,(H,17,18). The van der Waals surface area contributed by atoms with Crippen LogP contribution in [-0.2, 0) is 11.3 Å². The van der Waals surface area contributed by atoms with Crippen LogP contribution >= 0.6 is 0 Å². The average Bonchev–Trinajstić information content (AvgIpc) is 2.21. The maximum Gasteiger partial charge on any atom is 0.317 e. The largest absolute Gasteiger partial charge is 0.508 e. The van der Waals surface area contributed by atoms with Crippen molar-refractivity contribution >= 4 is 5.97 Å². The van der Waals surface area contributed by atoms with Crippen molar-refractivity contribution in [3.8, 4) is 5.75 Å². The van der Waals surface area contributed by atoms with E-state index in [-0.39, 0.29) is 18.8 Å². The molecule has 1 aromatic rings. The Hall–Kier alpha value is -1.62. The lowest BCUT2D eigenvalue weighted by molar-refractivity contribution is -0.138. The molecule has 0 aliphatic carbocycles. The molecule has 18 heavy (non-hydrogen) atoms. The van der Waals surface area contributed by atoms with Gasteiger partial charge in [-0.15, -0.1) is 0 Å². The van der Waals surface area contributed by atoms with Crippen molar-refractivity contribution in [2.75, 3.05) is 13.1 Å². The number of hydrogen-bond acceptors (Lipinski definition) is 3. The zero-order chi connectivity index (χ0) is 13.7. The molecule has 0 saturated carbocycles. The van der Waals surface area contributed by atoms with E-state index >= 15 is 0 Å². The molecule has 4 nitrogen and oxygen atoms in total. The second-order valence-corrected chi connectivity index (χ2v) is 4.73. The minimum atomic E-state index is -0.938. The number of carboxylic acid groups (broad SMARTS) is 1. The maximum absolute atomic E-state index is 13.1. The first-order valence-corrected chi connectivity index (χ1v) is 5.80. The van der Waals surface area contributed by atoms with Gasteiger partial charge in [-0.05, 0) is 24.1 Å². The Morgan fingerprint density at radius 1 is 1.44 bits per heavy atom. The summed E-state index contributed by atoms with van der Waals surface area (Å²) >= 11 is 0. The van der Waals surface area contributed by atoms with Crippen LogP contribution in [0, 0.1) is 11.7 Å². The molecule has 0 heterocycles. The van der Waals surface area contributed by atoms with Gasteiger partial charge in [-0.25, -0.2) is 4.39 Å². The summed E-state index contributed by atoms with van der Waals surface area (Å²) in [5.74, 6) is -1.11. The molecule has 0 radical (unpaired) electrons. The predicted molar refractivity (Wildman–Crippen MR) is 65.8 cm³/mol. The molecule has 0 aliphatic heterocycles. The van der Waals surface area contributed by atoms with Crippen LogP contribution in [0.4, 0.5) is 4.39 Å². The molecule has 0 amide bonds. The molecule has 0 spiro atoms. The molecule has 100 valence electrons. The van der Waals surface area contributed by atoms with E-state index in [0.29, 0.717) is 18.0 Å². The van der Waals surface area contributed by atoms with Crippen LogP contribution in [0.2, 0.25) is 0 Å². The van der Waals surface area contributed by atoms with E-state index in [4.69, 9.17) is 5.11 Å². The molecule has 0 saturated heterocycles. The molecular formula is C13H18FNO3. The number of aromatic hydroxyl groups is 1. The Labute approximate surface area is 106 Å². The van der Waals surface area contributed by atoms with Gasteiger partial charge in [0, 0.05) is 18.7 Å². The number of hydrogen-bond donors (Lipinski definition) is 2. The Morgan fingerprint density at radius 3 is 2.67 bits per heavy atom. The van der Waals surface area contributed by atoms with Crippen LogP contribution in [0.1, 0.15) is 19.4 Å². The van der Waals surface area contributed by atoms with Crippen LogP contribution < -0.4 is 0 Å². The molecule has 1 rings (SSSR count). The van der Waals surface area contributed by atoms with Gasteiger partial charge in [0.2, 0.25) is 0 Å². The normalized spacial score (nSPS) is 11.2. The summed E-state index contributed by atoms with van der Waals surface area (Å²) in [6.07, 6.45) is 0. The topological polar surface area (TPSA) is 60.8 Å². The Kier molecular flexibility index (Phi) is 5.09. The van der Waals surface area contributed by atoms with E-state index in [1.807, 2.05) is 13.8 Å². The van der Waals surface area contributed by atoms with Crippen LogP contribution in [0.25, 0.3) is 0 Å². The highest BCUT2D eigenvalue weighted by molar-refractivity contribution is 5.69. The van der Waals surface area contributed by atoms with Crippen molar-refractivity contribution in [3.63, 3.8) is 0 Å². The molecule has 1 aromatic carbocycles. The van der Waals surface area contributed by atoms with E-state index in [1.165, 1.54) is 18.2 Å². The molecule has 5 heteroatoms. The van der Waals surface area contributed by atoms with Crippen molar-refractivity contribution in [2.24, 2.45) is 5.92 Å². The summed E-state index contributed by atoms with van der Waals surface area (Å²) in [6, 6.07) is 3.67. The van der Waals surface area contributed by atoms with Gasteiger partial charge in [0.05, 0.1) is 6.54 Å². The lowest BCUT2D eigenvalue weighted by atomic mass is 10.1. The summed E-state index contributed by atoms with van der Waals surface area (Å²) in [7, 11) is 0. The minimum Gasteiger partial charge on any atom is -0.508 e. The highest BCUT2D eigenvalue weighted by Gasteiger charge is 2.14. The summed E-state index contributed by atoms with van der Waals surface area (Å²) in [5.41, 5.74) is 0.400. The van der Waals surface area contributed by atoms with E-state index < -0.39 is 11.8 Å². The van der Waals surface area contributed by atoms with Crippen molar-refractivity contribution < 1.29 is 19.4 Å². The Morgan fingerprint density at radius 2 is 2.11 bits per heavy atom. The van der Waals surface area contributed by atoms with Crippen molar-refractivity contribution in [1.82, 2.24) is 4.90 Å². The minimum absolute atomic E-state index is 0.0180. The summed E-state index contributed by atoms with van der Waals surface area (Å²) in [4.78, 5) is 12.4. The first-order chi connectivity index (χ1) is 8.38. The number of halogens is 1. The predicted octanol–water partition coefficient (Wildman–Crippen LogP) is 2.07. The fourth-order valence-corrected chi connectivity index (χ4v) is 1.81. The van der Waals surface area contributed by atoms with E-state index in [9.17, 15) is 14.3 Å². The number of carboxylic acids is 1. The first-order valence-electron chi connectivity index (χ1n) is 5.80. The monoisotopic (exact) mass is 255 g/mol. The van der Waals surface area contributed by atoms with Crippen molar-refractivity contribution in [1.29, 1.82) is 0 Å². The molecule has 0 fully saturated rings. The van der Waals surface area contributed by atoms with Gasteiger partial charge >= 0.3 is 5.97 Å². The number of nitrogens with zero attached hydrogens (tertiary/aromatic N) is 1. The van der Waals surface area contributed by atoms with Gasteiger partial charge in [0.15, 0.2) is 0 Å². The highest BCUT2D eigenvalue weighted by atomic mass is 19.1. The first kappa shape index (κ1) is 14.4. The molecule has 0 aromatic heterocycles. The number of phenols is 1.